The van der Waals surface area contributed by atoms with Gasteiger partial charge in [-0.2, -0.15) is 0 Å². The van der Waals surface area contributed by atoms with Crippen LogP contribution >= 0.6 is 11.3 Å². The maximum absolute atomic E-state index is 12.1. The molecule has 0 saturated carbocycles. The Morgan fingerprint density at radius 1 is 1.32 bits per heavy atom. The molecule has 1 fully saturated rings. The number of thiophene rings is 1. The molecule has 0 unspecified atom stereocenters. The summed E-state index contributed by atoms with van der Waals surface area (Å²) in [6.45, 7) is 5.47. The van der Waals surface area contributed by atoms with Gasteiger partial charge in [-0.3, -0.25) is 9.59 Å². The summed E-state index contributed by atoms with van der Waals surface area (Å²) in [4.78, 5) is 37.2. The lowest BCUT2D eigenvalue weighted by atomic mass is 9.82. The van der Waals surface area contributed by atoms with Gasteiger partial charge in [-0.25, -0.2) is 9.69 Å². The van der Waals surface area contributed by atoms with Crippen LogP contribution in [-0.2, 0) is 9.59 Å². The molecule has 0 radical (unpaired) electrons. The standard InChI is InChI=1S/C13H15NO4S/c1-7-4-8(12(17)18)11(19-7)14-9(15)5-13(2,3)6-10(14)16/h4H,5-6H2,1-3H3,(H,17,18). The number of nitrogens with zero attached hydrogens (tertiary/aromatic N) is 1. The number of carbonyl (C=O) groups is 3. The largest absolute Gasteiger partial charge is 0.478 e. The number of hydrogen-bond acceptors (Lipinski definition) is 4. The topological polar surface area (TPSA) is 74.7 Å². The maximum atomic E-state index is 12.1. The highest BCUT2D eigenvalue weighted by Crippen LogP contribution is 2.38. The molecule has 1 N–H and O–H groups in total. The van der Waals surface area contributed by atoms with Crippen molar-refractivity contribution in [3.63, 3.8) is 0 Å². The zero-order valence-electron chi connectivity index (χ0n) is 11.0. The SMILES string of the molecule is Cc1cc(C(=O)O)c(N2C(=O)CC(C)(C)CC2=O)s1. The van der Waals surface area contributed by atoms with Gasteiger partial charge in [0.1, 0.15) is 5.00 Å². The van der Waals surface area contributed by atoms with Crippen molar-refractivity contribution in [2.24, 2.45) is 5.41 Å². The van der Waals surface area contributed by atoms with Crippen LogP contribution in [0, 0.1) is 12.3 Å². The van der Waals surface area contributed by atoms with E-state index in [0.717, 1.165) is 21.1 Å². The number of aromatic carboxylic acids is 1. The van der Waals surface area contributed by atoms with E-state index in [2.05, 4.69) is 0 Å². The van der Waals surface area contributed by atoms with Gasteiger partial charge in [0.25, 0.3) is 0 Å². The Morgan fingerprint density at radius 3 is 2.32 bits per heavy atom. The number of hydrogen-bond donors (Lipinski definition) is 1. The molecule has 0 bridgehead atoms. The fourth-order valence-electron chi connectivity index (χ4n) is 2.23. The van der Waals surface area contributed by atoms with Crippen molar-refractivity contribution in [2.75, 3.05) is 4.90 Å². The molecule has 0 aliphatic carbocycles. The minimum atomic E-state index is -1.12. The number of imide groups is 1. The molecule has 6 heteroatoms. The van der Waals surface area contributed by atoms with Crippen molar-refractivity contribution in [3.05, 3.63) is 16.5 Å². The summed E-state index contributed by atoms with van der Waals surface area (Å²) in [5.41, 5.74) is -0.343. The molecule has 1 aliphatic rings. The minimum absolute atomic E-state index is 0.0175. The van der Waals surface area contributed by atoms with E-state index >= 15 is 0 Å². The lowest BCUT2D eigenvalue weighted by molar-refractivity contribution is -0.132. The highest BCUT2D eigenvalue weighted by atomic mass is 32.1. The normalized spacial score (nSPS) is 18.8. The number of carbonyl (C=O) groups excluding carboxylic acids is 2. The second-order valence-electron chi connectivity index (χ2n) is 5.52. The fraction of sp³-hybridized carbons (Fsp3) is 0.462. The third kappa shape index (κ3) is 2.53. The van der Waals surface area contributed by atoms with E-state index in [1.165, 1.54) is 6.07 Å². The van der Waals surface area contributed by atoms with E-state index in [1.54, 1.807) is 6.92 Å². The Balaban J connectivity index is 2.45. The quantitative estimate of drug-likeness (QED) is 0.845. The van der Waals surface area contributed by atoms with Crippen molar-refractivity contribution in [2.45, 2.75) is 33.6 Å². The van der Waals surface area contributed by atoms with E-state index in [-0.39, 0.29) is 40.6 Å². The Hall–Kier alpha value is -1.69. The molecule has 5 nitrogen and oxygen atoms in total. The average molecular weight is 281 g/mol. The van der Waals surface area contributed by atoms with Gasteiger partial charge in [-0.05, 0) is 18.4 Å². The van der Waals surface area contributed by atoms with Crippen LogP contribution < -0.4 is 4.90 Å². The van der Waals surface area contributed by atoms with Crippen LogP contribution in [0.5, 0.6) is 0 Å². The Bertz CT molecular complexity index is 553. The molecule has 2 rings (SSSR count). The van der Waals surface area contributed by atoms with E-state index in [1.807, 2.05) is 13.8 Å². The van der Waals surface area contributed by atoms with Crippen LogP contribution in [-0.4, -0.2) is 22.9 Å². The first-order chi connectivity index (χ1) is 8.71. The van der Waals surface area contributed by atoms with Gasteiger partial charge in [0.2, 0.25) is 11.8 Å². The predicted octanol–water partition coefficient (Wildman–Crippen LogP) is 2.43. The van der Waals surface area contributed by atoms with Gasteiger partial charge < -0.3 is 5.11 Å². The number of rotatable bonds is 2. The summed E-state index contributed by atoms with van der Waals surface area (Å²) < 4.78 is 0. The summed E-state index contributed by atoms with van der Waals surface area (Å²) >= 11 is 1.16. The van der Waals surface area contributed by atoms with Gasteiger partial charge in [0.15, 0.2) is 0 Å². The number of anilines is 1. The lowest BCUT2D eigenvalue weighted by Gasteiger charge is -2.34. The number of carboxylic acids is 1. The summed E-state index contributed by atoms with van der Waals surface area (Å²) in [6.07, 6.45) is 0.490. The molecular formula is C13H15NO4S. The van der Waals surface area contributed by atoms with Crippen molar-refractivity contribution >= 4 is 34.1 Å². The second kappa shape index (κ2) is 4.45. The smallest absolute Gasteiger partial charge is 0.338 e. The van der Waals surface area contributed by atoms with E-state index in [4.69, 9.17) is 5.11 Å². The molecule has 19 heavy (non-hydrogen) atoms. The summed E-state index contributed by atoms with van der Waals surface area (Å²) in [5.74, 6) is -1.78. The van der Waals surface area contributed by atoms with Gasteiger partial charge in [-0.1, -0.05) is 13.8 Å². The van der Waals surface area contributed by atoms with E-state index in [9.17, 15) is 14.4 Å². The van der Waals surface area contributed by atoms with Crippen LogP contribution in [0.1, 0.15) is 41.9 Å². The van der Waals surface area contributed by atoms with Crippen molar-refractivity contribution in [3.8, 4) is 0 Å². The minimum Gasteiger partial charge on any atom is -0.478 e. The zero-order valence-corrected chi connectivity index (χ0v) is 11.8. The van der Waals surface area contributed by atoms with Crippen molar-refractivity contribution in [1.82, 2.24) is 0 Å². The molecule has 1 aromatic heterocycles. The number of amides is 2. The number of carboxylic acid groups (broad SMARTS) is 1. The first-order valence-electron chi connectivity index (χ1n) is 5.91. The summed E-state index contributed by atoms with van der Waals surface area (Å²) in [5, 5.41) is 9.37. The van der Waals surface area contributed by atoms with Gasteiger partial charge in [0.05, 0.1) is 5.56 Å². The van der Waals surface area contributed by atoms with Crippen LogP contribution in [0.4, 0.5) is 5.00 Å². The number of piperidine rings is 1. The summed E-state index contributed by atoms with van der Waals surface area (Å²) in [6, 6.07) is 1.49. The Labute approximate surface area is 114 Å². The number of aryl methyl sites for hydroxylation is 1. The van der Waals surface area contributed by atoms with Crippen LogP contribution in [0.15, 0.2) is 6.07 Å². The molecular weight excluding hydrogens is 266 g/mol. The predicted molar refractivity (Wildman–Crippen MR) is 71.5 cm³/mol. The maximum Gasteiger partial charge on any atom is 0.338 e. The first kappa shape index (κ1) is 13.7. The second-order valence-corrected chi connectivity index (χ2v) is 6.76. The summed E-state index contributed by atoms with van der Waals surface area (Å²) in [7, 11) is 0. The highest BCUT2D eigenvalue weighted by Gasteiger charge is 2.40. The van der Waals surface area contributed by atoms with E-state index in [0.29, 0.717) is 0 Å². The zero-order chi connectivity index (χ0) is 14.4. The van der Waals surface area contributed by atoms with Crippen LogP contribution in [0.25, 0.3) is 0 Å². The monoisotopic (exact) mass is 281 g/mol. The van der Waals surface area contributed by atoms with Crippen molar-refractivity contribution < 1.29 is 19.5 Å². The highest BCUT2D eigenvalue weighted by molar-refractivity contribution is 7.17. The van der Waals surface area contributed by atoms with Gasteiger partial charge in [0, 0.05) is 17.7 Å². The molecule has 1 aromatic rings. The molecule has 0 aromatic carbocycles. The van der Waals surface area contributed by atoms with Crippen LogP contribution in [0.3, 0.4) is 0 Å². The fourth-order valence-corrected chi connectivity index (χ4v) is 3.26. The van der Waals surface area contributed by atoms with Crippen molar-refractivity contribution in [1.29, 1.82) is 0 Å². The molecule has 0 spiro atoms. The van der Waals surface area contributed by atoms with E-state index < -0.39 is 5.97 Å². The lowest BCUT2D eigenvalue weighted by Crippen LogP contribution is -2.46. The molecule has 102 valence electrons. The third-order valence-corrected chi connectivity index (χ3v) is 4.06. The van der Waals surface area contributed by atoms with Gasteiger partial charge >= 0.3 is 5.97 Å². The molecule has 0 atom stereocenters. The third-order valence-electron chi connectivity index (χ3n) is 3.03. The molecule has 1 aliphatic heterocycles. The first-order valence-corrected chi connectivity index (χ1v) is 6.72. The van der Waals surface area contributed by atoms with Gasteiger partial charge in [-0.15, -0.1) is 11.3 Å². The molecule has 1 saturated heterocycles. The Kier molecular flexibility index (Phi) is 3.22. The average Bonchev–Trinajstić information content (AvgIpc) is 2.57. The molecule has 2 heterocycles. The van der Waals surface area contributed by atoms with Crippen LogP contribution in [0.2, 0.25) is 0 Å². The Morgan fingerprint density at radius 2 is 1.84 bits per heavy atom. The molecule has 2 amide bonds.